The van der Waals surface area contributed by atoms with Crippen molar-refractivity contribution in [2.45, 2.75) is 58.0 Å². The third-order valence-electron chi connectivity index (χ3n) is 6.39. The lowest BCUT2D eigenvalue weighted by atomic mass is 9.94. The fraction of sp³-hybridized carbons (Fsp3) is 0.440. The van der Waals surface area contributed by atoms with Crippen molar-refractivity contribution in [2.24, 2.45) is 0 Å². The van der Waals surface area contributed by atoms with Gasteiger partial charge in [-0.3, -0.25) is 14.2 Å². The smallest absolute Gasteiger partial charge is 0.348 e. The van der Waals surface area contributed by atoms with Gasteiger partial charge in [0.05, 0.1) is 18.3 Å². The molecule has 174 valence electrons. The van der Waals surface area contributed by atoms with Crippen molar-refractivity contribution in [3.8, 4) is 0 Å². The number of amides is 1. The predicted molar refractivity (Wildman–Crippen MR) is 129 cm³/mol. The number of likely N-dealkylation sites (N-methyl/N-ethyl adjacent to an activating group) is 1. The van der Waals surface area contributed by atoms with E-state index in [2.05, 4.69) is 4.98 Å². The first-order chi connectivity index (χ1) is 16.0. The number of carbonyl (C=O) groups excluding carboxylic acids is 2. The van der Waals surface area contributed by atoms with Crippen molar-refractivity contribution < 1.29 is 14.3 Å². The molecule has 0 unspecified atom stereocenters. The molecule has 1 aliphatic carbocycles. The summed E-state index contributed by atoms with van der Waals surface area (Å²) in [6.45, 7) is 1.94. The van der Waals surface area contributed by atoms with E-state index >= 15 is 0 Å². The maximum absolute atomic E-state index is 13.1. The fourth-order valence-corrected chi connectivity index (χ4v) is 5.40. The van der Waals surface area contributed by atoms with Crippen LogP contribution in [0.2, 0.25) is 0 Å². The van der Waals surface area contributed by atoms with E-state index in [0.717, 1.165) is 42.6 Å². The third kappa shape index (κ3) is 5.16. The molecule has 2 aromatic heterocycles. The average Bonchev–Trinajstić information content (AvgIpc) is 3.18. The highest BCUT2D eigenvalue weighted by Crippen LogP contribution is 2.27. The van der Waals surface area contributed by atoms with Crippen LogP contribution in [0.25, 0.3) is 10.2 Å². The zero-order valence-corrected chi connectivity index (χ0v) is 19.9. The second-order valence-electron chi connectivity index (χ2n) is 8.58. The van der Waals surface area contributed by atoms with Crippen LogP contribution in [-0.4, -0.2) is 46.0 Å². The number of thiophene rings is 1. The lowest BCUT2D eigenvalue weighted by molar-refractivity contribution is -0.133. The van der Waals surface area contributed by atoms with Crippen LogP contribution in [-0.2, 0) is 22.5 Å². The molecule has 8 heteroatoms. The van der Waals surface area contributed by atoms with Crippen LogP contribution in [0.4, 0.5) is 0 Å². The van der Waals surface area contributed by atoms with Gasteiger partial charge in [0.25, 0.3) is 5.56 Å². The number of ether oxygens (including phenoxy) is 1. The van der Waals surface area contributed by atoms with E-state index in [4.69, 9.17) is 4.74 Å². The number of hydrogen-bond donors (Lipinski definition) is 0. The van der Waals surface area contributed by atoms with E-state index in [0.29, 0.717) is 27.1 Å². The molecular formula is C25H29N3O4S. The Morgan fingerprint density at radius 3 is 2.64 bits per heavy atom. The van der Waals surface area contributed by atoms with E-state index in [9.17, 15) is 14.4 Å². The van der Waals surface area contributed by atoms with Crippen LogP contribution in [0.5, 0.6) is 0 Å². The molecule has 1 saturated carbocycles. The number of esters is 1. The highest BCUT2D eigenvalue weighted by atomic mass is 32.1. The number of fused-ring (bicyclic) bond motifs is 1. The van der Waals surface area contributed by atoms with Gasteiger partial charge < -0.3 is 9.64 Å². The summed E-state index contributed by atoms with van der Waals surface area (Å²) in [5.41, 5.74) is 1.34. The molecule has 0 aliphatic heterocycles. The van der Waals surface area contributed by atoms with Gasteiger partial charge in [0, 0.05) is 19.5 Å². The zero-order chi connectivity index (χ0) is 23.4. The minimum Gasteiger partial charge on any atom is -0.461 e. The summed E-state index contributed by atoms with van der Waals surface area (Å²) >= 11 is 1.15. The molecule has 2 heterocycles. The lowest BCUT2D eigenvalue weighted by Gasteiger charge is -2.31. The number of benzene rings is 1. The first kappa shape index (κ1) is 23.2. The first-order valence-electron chi connectivity index (χ1n) is 11.4. The molecule has 1 aliphatic rings. The van der Waals surface area contributed by atoms with Crippen LogP contribution in [0.1, 0.15) is 52.9 Å². The summed E-state index contributed by atoms with van der Waals surface area (Å²) in [6, 6.07) is 10.0. The fourth-order valence-electron chi connectivity index (χ4n) is 4.37. The average molecular weight is 468 g/mol. The number of carbonyl (C=O) groups is 2. The maximum Gasteiger partial charge on any atom is 0.348 e. The number of aromatic nitrogens is 2. The highest BCUT2D eigenvalue weighted by molar-refractivity contribution is 7.20. The molecular weight excluding hydrogens is 438 g/mol. The minimum absolute atomic E-state index is 0.0546. The van der Waals surface area contributed by atoms with Crippen LogP contribution < -0.4 is 5.56 Å². The Morgan fingerprint density at radius 1 is 1.18 bits per heavy atom. The molecule has 1 amide bonds. The summed E-state index contributed by atoms with van der Waals surface area (Å²) in [6.07, 6.45) is 7.52. The van der Waals surface area contributed by atoms with Crippen molar-refractivity contribution in [3.63, 3.8) is 0 Å². The van der Waals surface area contributed by atoms with Crippen molar-refractivity contribution >= 4 is 33.4 Å². The van der Waals surface area contributed by atoms with Crippen LogP contribution in [0.3, 0.4) is 0 Å². The van der Waals surface area contributed by atoms with Crippen LogP contribution in [0, 0.1) is 6.92 Å². The molecule has 0 radical (unpaired) electrons. The van der Waals surface area contributed by atoms with Crippen molar-refractivity contribution in [1.29, 1.82) is 0 Å². The summed E-state index contributed by atoms with van der Waals surface area (Å²) in [4.78, 5) is 45.6. The van der Waals surface area contributed by atoms with Gasteiger partial charge in [0.15, 0.2) is 0 Å². The molecule has 4 rings (SSSR count). The van der Waals surface area contributed by atoms with E-state index in [1.54, 1.807) is 11.8 Å². The van der Waals surface area contributed by atoms with Gasteiger partial charge >= 0.3 is 5.97 Å². The number of nitrogens with zero attached hydrogens (tertiary/aromatic N) is 3. The largest absolute Gasteiger partial charge is 0.461 e. The molecule has 1 fully saturated rings. The molecule has 1 aromatic carbocycles. The van der Waals surface area contributed by atoms with Gasteiger partial charge in [0.1, 0.15) is 16.3 Å². The Balaban J connectivity index is 1.47. The molecule has 0 spiro atoms. The van der Waals surface area contributed by atoms with Gasteiger partial charge in [-0.05, 0) is 30.9 Å². The summed E-state index contributed by atoms with van der Waals surface area (Å²) in [7, 11) is 1.81. The Labute approximate surface area is 197 Å². The quantitative estimate of drug-likeness (QED) is 0.492. The monoisotopic (exact) mass is 467 g/mol. The topological polar surface area (TPSA) is 81.5 Å². The molecule has 3 aromatic rings. The first-order valence-corrected chi connectivity index (χ1v) is 12.2. The molecule has 7 nitrogen and oxygen atoms in total. The number of hydrogen-bond acceptors (Lipinski definition) is 6. The second-order valence-corrected chi connectivity index (χ2v) is 9.58. The Bertz CT molecular complexity index is 1200. The lowest BCUT2D eigenvalue weighted by Crippen LogP contribution is -2.41. The highest BCUT2D eigenvalue weighted by Gasteiger charge is 2.24. The van der Waals surface area contributed by atoms with Gasteiger partial charge in [-0.2, -0.15) is 0 Å². The van der Waals surface area contributed by atoms with Gasteiger partial charge in [-0.15, -0.1) is 11.3 Å². The van der Waals surface area contributed by atoms with E-state index in [1.165, 1.54) is 17.3 Å². The Kier molecular flexibility index (Phi) is 7.23. The van der Waals surface area contributed by atoms with Crippen LogP contribution >= 0.6 is 11.3 Å². The molecule has 0 atom stereocenters. The molecule has 0 saturated heterocycles. The number of rotatable bonds is 7. The van der Waals surface area contributed by atoms with E-state index < -0.39 is 5.97 Å². The van der Waals surface area contributed by atoms with E-state index in [1.807, 2.05) is 37.4 Å². The van der Waals surface area contributed by atoms with Gasteiger partial charge in [-0.25, -0.2) is 9.78 Å². The van der Waals surface area contributed by atoms with Crippen LogP contribution in [0.15, 0.2) is 41.5 Å². The van der Waals surface area contributed by atoms with Crippen molar-refractivity contribution in [2.75, 3.05) is 13.7 Å². The number of aryl methyl sites for hydroxylation is 1. The molecule has 33 heavy (non-hydrogen) atoms. The van der Waals surface area contributed by atoms with Crippen molar-refractivity contribution in [1.82, 2.24) is 14.5 Å². The van der Waals surface area contributed by atoms with Crippen molar-refractivity contribution in [3.05, 3.63) is 63.0 Å². The third-order valence-corrected chi connectivity index (χ3v) is 7.57. The summed E-state index contributed by atoms with van der Waals surface area (Å²) in [5.74, 6) is -0.552. The predicted octanol–water partition coefficient (Wildman–Crippen LogP) is 3.96. The Hall–Kier alpha value is -3.00. The normalized spacial score (nSPS) is 14.4. The summed E-state index contributed by atoms with van der Waals surface area (Å²) < 4.78 is 6.79. The second kappa shape index (κ2) is 10.3. The van der Waals surface area contributed by atoms with Gasteiger partial charge in [0.2, 0.25) is 5.91 Å². The van der Waals surface area contributed by atoms with Gasteiger partial charge in [-0.1, -0.05) is 49.6 Å². The molecule has 0 bridgehead atoms. The SMILES string of the molecule is Cc1c(C(=O)OCCc2ccccc2)sc2ncn(CC(=O)N(C)C3CCCCC3)c(=O)c12. The standard InChI is InChI=1S/C25H29N3O4S/c1-17-21-23(33-22(17)25(31)32-14-13-18-9-5-3-6-10-18)26-16-28(24(21)30)15-20(29)27(2)19-11-7-4-8-12-19/h3,5-6,9-10,16,19H,4,7-8,11-15H2,1-2H3. The van der Waals surface area contributed by atoms with E-state index in [-0.39, 0.29) is 30.7 Å². The zero-order valence-electron chi connectivity index (χ0n) is 19.1. The maximum atomic E-state index is 13.1. The minimum atomic E-state index is -0.453. The Morgan fingerprint density at radius 2 is 1.91 bits per heavy atom. The summed E-state index contributed by atoms with van der Waals surface area (Å²) in [5, 5.41) is 0.380. The molecule has 0 N–H and O–H groups in total.